The molecular weight excluding hydrogens is 466 g/mol. The zero-order chi connectivity index (χ0) is 24.4. The minimum atomic E-state index is -0.399. The molecule has 3 heterocycles. The number of hydrogen-bond acceptors (Lipinski definition) is 7. The second-order valence-electron chi connectivity index (χ2n) is 8.03. The highest BCUT2D eigenvalue weighted by atomic mass is 35.5. The summed E-state index contributed by atoms with van der Waals surface area (Å²) in [5.41, 5.74) is 4.26. The molecule has 0 aliphatic rings. The number of halogens is 1. The van der Waals surface area contributed by atoms with E-state index in [-0.39, 0.29) is 12.4 Å². The minimum Gasteiger partial charge on any atom is -0.365 e. The first-order valence-electron chi connectivity index (χ1n) is 11.0. The van der Waals surface area contributed by atoms with Crippen LogP contribution in [-0.2, 0) is 13.1 Å². The van der Waals surface area contributed by atoms with Gasteiger partial charge in [0.15, 0.2) is 0 Å². The molecule has 0 atom stereocenters. The number of rotatable bonds is 7. The number of carbonyl (C=O) groups is 1. The van der Waals surface area contributed by atoms with Crippen molar-refractivity contribution in [2.45, 2.75) is 26.9 Å². The molecule has 0 aliphatic heterocycles. The molecule has 3 N–H and O–H groups in total. The second kappa shape index (κ2) is 9.55. The number of carbonyl (C=O) groups excluding carboxylic acids is 1. The van der Waals surface area contributed by atoms with Crippen LogP contribution in [0.4, 0.5) is 5.82 Å². The third-order valence-corrected chi connectivity index (χ3v) is 5.78. The van der Waals surface area contributed by atoms with E-state index < -0.39 is 5.91 Å². The number of aromatic nitrogens is 5. The Balaban J connectivity index is 1.52. The summed E-state index contributed by atoms with van der Waals surface area (Å²) >= 11 is 6.14. The number of benzene rings is 2. The molecule has 3 aromatic heterocycles. The predicted octanol–water partition coefficient (Wildman–Crippen LogP) is 4.82. The van der Waals surface area contributed by atoms with Gasteiger partial charge in [-0.15, -0.1) is 0 Å². The lowest BCUT2D eigenvalue weighted by molar-refractivity contribution is 0.0940. The molecule has 1 amide bonds. The average Bonchev–Trinajstić information content (AvgIpc) is 3.50. The number of imidazole rings is 1. The number of amides is 1. The van der Waals surface area contributed by atoms with E-state index in [0.29, 0.717) is 28.7 Å². The van der Waals surface area contributed by atoms with Crippen molar-refractivity contribution in [1.29, 1.82) is 0 Å². The Morgan fingerprint density at radius 2 is 2.00 bits per heavy atom. The molecule has 9 nitrogen and oxygen atoms in total. The molecule has 176 valence electrons. The normalized spacial score (nSPS) is 11.1. The Morgan fingerprint density at radius 3 is 2.74 bits per heavy atom. The van der Waals surface area contributed by atoms with Crippen molar-refractivity contribution in [3.63, 3.8) is 0 Å². The fourth-order valence-corrected chi connectivity index (χ4v) is 4.10. The van der Waals surface area contributed by atoms with Gasteiger partial charge in [-0.3, -0.25) is 4.79 Å². The molecule has 10 heteroatoms. The Morgan fingerprint density at radius 1 is 1.11 bits per heavy atom. The molecule has 2 aromatic carbocycles. The predicted molar refractivity (Wildman–Crippen MR) is 133 cm³/mol. The first-order chi connectivity index (χ1) is 17.0. The molecular formula is C25H22ClN7O2. The van der Waals surface area contributed by atoms with Gasteiger partial charge < -0.3 is 20.1 Å². The lowest BCUT2D eigenvalue weighted by Gasteiger charge is -2.12. The van der Waals surface area contributed by atoms with Gasteiger partial charge in [-0.25, -0.2) is 15.0 Å². The molecule has 5 rings (SSSR count). The van der Waals surface area contributed by atoms with Crippen LogP contribution in [0.15, 0.2) is 59.4 Å². The zero-order valence-corrected chi connectivity index (χ0v) is 19.8. The number of anilines is 1. The van der Waals surface area contributed by atoms with Crippen LogP contribution in [0.5, 0.6) is 0 Å². The second-order valence-corrected chi connectivity index (χ2v) is 8.47. The van der Waals surface area contributed by atoms with Gasteiger partial charge in [0.25, 0.3) is 5.91 Å². The highest BCUT2D eigenvalue weighted by molar-refractivity contribution is 6.30. The molecule has 0 unspecified atom stereocenters. The van der Waals surface area contributed by atoms with Crippen molar-refractivity contribution in [3.05, 3.63) is 88.5 Å². The van der Waals surface area contributed by atoms with Crippen LogP contribution in [0.3, 0.4) is 0 Å². The van der Waals surface area contributed by atoms with Gasteiger partial charge in [0.2, 0.25) is 5.82 Å². The fourth-order valence-electron chi connectivity index (χ4n) is 3.89. The van der Waals surface area contributed by atoms with Crippen LogP contribution in [0.2, 0.25) is 5.02 Å². The lowest BCUT2D eigenvalue weighted by Crippen LogP contribution is -2.26. The van der Waals surface area contributed by atoms with E-state index in [0.717, 1.165) is 33.5 Å². The van der Waals surface area contributed by atoms with Gasteiger partial charge in [-0.1, -0.05) is 35.0 Å². The van der Waals surface area contributed by atoms with Gasteiger partial charge in [-0.2, -0.15) is 0 Å². The number of aryl methyl sites for hydroxylation is 2. The Labute approximate surface area is 206 Å². The van der Waals surface area contributed by atoms with E-state index in [2.05, 4.69) is 35.7 Å². The Hall–Kier alpha value is -4.24. The molecule has 0 saturated carbocycles. The highest BCUT2D eigenvalue weighted by Gasteiger charge is 2.17. The summed E-state index contributed by atoms with van der Waals surface area (Å²) in [6.07, 6.45) is 3.32. The number of hydrogen-bond donors (Lipinski definition) is 3. The van der Waals surface area contributed by atoms with Crippen molar-refractivity contribution < 1.29 is 9.32 Å². The van der Waals surface area contributed by atoms with Crippen LogP contribution in [0.25, 0.3) is 22.0 Å². The lowest BCUT2D eigenvalue weighted by atomic mass is 10.0. The van der Waals surface area contributed by atoms with Crippen LogP contribution in [0.1, 0.15) is 33.5 Å². The number of H-pyrrole nitrogens is 1. The van der Waals surface area contributed by atoms with Crippen molar-refractivity contribution in [3.8, 4) is 11.1 Å². The van der Waals surface area contributed by atoms with E-state index in [4.69, 9.17) is 16.1 Å². The average molecular weight is 488 g/mol. The first kappa shape index (κ1) is 22.5. The van der Waals surface area contributed by atoms with E-state index in [1.807, 2.05) is 56.3 Å². The molecule has 0 aliphatic carbocycles. The summed E-state index contributed by atoms with van der Waals surface area (Å²) in [6.45, 7) is 4.48. The van der Waals surface area contributed by atoms with Crippen molar-refractivity contribution in [1.82, 2.24) is 30.4 Å². The summed E-state index contributed by atoms with van der Waals surface area (Å²) < 4.78 is 5.35. The number of nitrogens with one attached hydrogen (secondary N) is 3. The van der Waals surface area contributed by atoms with Crippen LogP contribution in [0, 0.1) is 13.8 Å². The largest absolute Gasteiger partial charge is 0.365 e. The van der Waals surface area contributed by atoms with E-state index in [1.54, 1.807) is 12.4 Å². The summed E-state index contributed by atoms with van der Waals surface area (Å²) in [5, 5.41) is 11.6. The topological polar surface area (TPSA) is 122 Å². The Bertz CT molecular complexity index is 1490. The summed E-state index contributed by atoms with van der Waals surface area (Å²) in [4.78, 5) is 29.0. The quantitative estimate of drug-likeness (QED) is 0.301. The molecule has 0 spiro atoms. The number of nitrogens with zero attached hydrogens (tertiary/aromatic N) is 4. The van der Waals surface area contributed by atoms with Crippen LogP contribution >= 0.6 is 11.6 Å². The minimum absolute atomic E-state index is 0.0581. The smallest absolute Gasteiger partial charge is 0.289 e. The van der Waals surface area contributed by atoms with Gasteiger partial charge in [0.05, 0.1) is 17.8 Å². The summed E-state index contributed by atoms with van der Waals surface area (Å²) in [6, 6.07) is 13.3. The van der Waals surface area contributed by atoms with E-state index in [9.17, 15) is 4.79 Å². The van der Waals surface area contributed by atoms with Gasteiger partial charge in [0.1, 0.15) is 17.4 Å². The van der Waals surface area contributed by atoms with E-state index >= 15 is 0 Å². The molecule has 0 saturated heterocycles. The number of fused-ring (bicyclic) bond motifs is 1. The van der Waals surface area contributed by atoms with Crippen LogP contribution in [-0.4, -0.2) is 31.0 Å². The van der Waals surface area contributed by atoms with Gasteiger partial charge in [-0.05, 0) is 49.2 Å². The van der Waals surface area contributed by atoms with Crippen molar-refractivity contribution in [2.75, 3.05) is 5.32 Å². The first-order valence-corrected chi connectivity index (χ1v) is 11.4. The molecule has 0 fully saturated rings. The molecule has 5 aromatic rings. The fraction of sp³-hybridized carbons (Fsp3) is 0.160. The van der Waals surface area contributed by atoms with Gasteiger partial charge in [0, 0.05) is 34.9 Å². The standard InChI is InChI=1S/C25H22ClN7O2/c1-14-22(15(2)35-33-14)17-6-7-20-19(11-17)23(29-12-16-4-3-5-18(26)10-16)32-24(31-20)25(34)30-13-21-27-8-9-28-21/h3-11H,12-13H2,1-2H3,(H,27,28)(H,30,34)(H,29,31,32). The van der Waals surface area contributed by atoms with Crippen LogP contribution < -0.4 is 10.6 Å². The zero-order valence-electron chi connectivity index (χ0n) is 19.1. The molecule has 35 heavy (non-hydrogen) atoms. The maximum Gasteiger partial charge on any atom is 0.289 e. The molecule has 0 bridgehead atoms. The van der Waals surface area contributed by atoms with Crippen molar-refractivity contribution >= 4 is 34.2 Å². The molecule has 0 radical (unpaired) electrons. The maximum atomic E-state index is 12.9. The third kappa shape index (κ3) is 4.85. The SMILES string of the molecule is Cc1noc(C)c1-c1ccc2nc(C(=O)NCc3ncc[nH]3)nc(NCc3cccc(Cl)c3)c2c1. The summed E-state index contributed by atoms with van der Waals surface area (Å²) in [5.74, 6) is 1.56. The Kier molecular flexibility index (Phi) is 6.15. The third-order valence-electron chi connectivity index (χ3n) is 5.54. The monoisotopic (exact) mass is 487 g/mol. The number of aromatic amines is 1. The maximum absolute atomic E-state index is 12.9. The summed E-state index contributed by atoms with van der Waals surface area (Å²) in [7, 11) is 0. The van der Waals surface area contributed by atoms with Crippen molar-refractivity contribution in [2.24, 2.45) is 0 Å². The highest BCUT2D eigenvalue weighted by Crippen LogP contribution is 2.31. The van der Waals surface area contributed by atoms with Gasteiger partial charge >= 0.3 is 0 Å². The van der Waals surface area contributed by atoms with E-state index in [1.165, 1.54) is 0 Å².